The Bertz CT molecular complexity index is 610. The highest BCUT2D eigenvalue weighted by Gasteiger charge is 2.20. The average Bonchev–Trinajstić information content (AvgIpc) is 2.60. The quantitative estimate of drug-likeness (QED) is 0.723. The summed E-state index contributed by atoms with van der Waals surface area (Å²) in [5.41, 5.74) is 4.87. The van der Waals surface area contributed by atoms with Crippen molar-refractivity contribution in [1.82, 2.24) is 5.43 Å². The maximum Gasteiger partial charge on any atom is 0.250 e. The van der Waals surface area contributed by atoms with Gasteiger partial charge < -0.3 is 0 Å². The van der Waals surface area contributed by atoms with Crippen LogP contribution in [0.2, 0.25) is 5.02 Å². The number of hydrogen-bond donors (Lipinski definition) is 1. The Morgan fingerprint density at radius 2 is 2.17 bits per heavy atom. The Kier molecular flexibility index (Phi) is 8.14. The zero-order valence-electron chi connectivity index (χ0n) is 13.6. The van der Waals surface area contributed by atoms with Crippen LogP contribution in [0.15, 0.2) is 29.4 Å². The second-order valence-corrected chi connectivity index (χ2v) is 7.32. The van der Waals surface area contributed by atoms with Gasteiger partial charge in [0.25, 0.3) is 0 Å². The molecule has 0 aliphatic heterocycles. The summed E-state index contributed by atoms with van der Waals surface area (Å²) in [6.07, 6.45) is 5.68. The molecule has 1 aromatic rings. The van der Waals surface area contributed by atoms with Gasteiger partial charge in [0.15, 0.2) is 0 Å². The van der Waals surface area contributed by atoms with Crippen molar-refractivity contribution in [2.24, 2.45) is 11.0 Å². The van der Waals surface area contributed by atoms with Crippen molar-refractivity contribution < 1.29 is 4.79 Å². The van der Waals surface area contributed by atoms with E-state index in [9.17, 15) is 4.79 Å². The van der Waals surface area contributed by atoms with Crippen LogP contribution in [-0.4, -0.2) is 17.4 Å². The highest BCUT2D eigenvalue weighted by molar-refractivity contribution is 7.99. The van der Waals surface area contributed by atoms with Gasteiger partial charge in [-0.2, -0.15) is 10.4 Å². The van der Waals surface area contributed by atoms with E-state index in [1.165, 1.54) is 6.42 Å². The molecule has 1 fully saturated rings. The molecule has 2 rings (SSSR count). The van der Waals surface area contributed by atoms with Crippen LogP contribution in [0.5, 0.6) is 0 Å². The van der Waals surface area contributed by atoms with Crippen LogP contribution in [-0.2, 0) is 10.5 Å². The minimum absolute atomic E-state index is 0.0777. The molecule has 0 spiro atoms. The smallest absolute Gasteiger partial charge is 0.250 e. The largest absolute Gasteiger partial charge is 0.272 e. The van der Waals surface area contributed by atoms with Crippen molar-refractivity contribution in [2.75, 3.05) is 5.75 Å². The molecule has 128 valence electrons. The first-order valence-corrected chi connectivity index (χ1v) is 9.76. The zero-order chi connectivity index (χ0) is 17.2. The number of hydrazone groups is 1. The third-order valence-corrected chi connectivity index (χ3v) is 5.31. The van der Waals surface area contributed by atoms with Gasteiger partial charge in [-0.25, -0.2) is 5.43 Å². The number of carbonyl (C=O) groups is 1. The van der Waals surface area contributed by atoms with E-state index >= 15 is 0 Å². The first-order chi connectivity index (χ1) is 11.7. The Labute approximate surface area is 152 Å². The molecule has 0 bridgehead atoms. The van der Waals surface area contributed by atoms with E-state index in [1.54, 1.807) is 11.8 Å². The molecule has 0 aromatic heterocycles. The van der Waals surface area contributed by atoms with Gasteiger partial charge in [0.1, 0.15) is 0 Å². The lowest BCUT2D eigenvalue weighted by Crippen LogP contribution is -2.26. The number of benzene rings is 1. The SMILES string of the molecule is N#CCC[C@@H]1CCCC/C1=N/NC(=O)CSCc1ccc(Cl)cc1. The number of nitriles is 1. The van der Waals surface area contributed by atoms with Crippen LogP contribution in [0.1, 0.15) is 44.1 Å². The third-order valence-electron chi connectivity index (χ3n) is 4.05. The van der Waals surface area contributed by atoms with Gasteiger partial charge in [-0.15, -0.1) is 11.8 Å². The van der Waals surface area contributed by atoms with Crippen LogP contribution < -0.4 is 5.43 Å². The normalized spacial score (nSPS) is 19.0. The third kappa shape index (κ3) is 6.54. The van der Waals surface area contributed by atoms with E-state index in [-0.39, 0.29) is 5.91 Å². The number of rotatable bonds is 7. The Morgan fingerprint density at radius 3 is 2.92 bits per heavy atom. The van der Waals surface area contributed by atoms with Crippen molar-refractivity contribution in [2.45, 2.75) is 44.3 Å². The molecule has 1 aliphatic rings. The maximum absolute atomic E-state index is 11.9. The number of thioether (sulfide) groups is 1. The number of nitrogens with one attached hydrogen (secondary N) is 1. The molecule has 24 heavy (non-hydrogen) atoms. The number of carbonyl (C=O) groups excluding carboxylic acids is 1. The van der Waals surface area contributed by atoms with Gasteiger partial charge in [0.05, 0.1) is 11.8 Å². The Balaban J connectivity index is 1.74. The summed E-state index contributed by atoms with van der Waals surface area (Å²) in [7, 11) is 0. The van der Waals surface area contributed by atoms with E-state index in [0.717, 1.165) is 47.7 Å². The van der Waals surface area contributed by atoms with Gasteiger partial charge in [0, 0.05) is 28.8 Å². The van der Waals surface area contributed by atoms with Gasteiger partial charge in [0.2, 0.25) is 5.91 Å². The first kappa shape index (κ1) is 18.8. The second-order valence-electron chi connectivity index (χ2n) is 5.90. The number of hydrogen-bond acceptors (Lipinski definition) is 4. The molecule has 1 N–H and O–H groups in total. The molecule has 4 nitrogen and oxygen atoms in total. The fourth-order valence-electron chi connectivity index (χ4n) is 2.77. The molecule has 1 aromatic carbocycles. The fourth-order valence-corrected chi connectivity index (χ4v) is 3.68. The van der Waals surface area contributed by atoms with Gasteiger partial charge in [-0.05, 0) is 43.4 Å². The minimum Gasteiger partial charge on any atom is -0.272 e. The molecule has 0 heterocycles. The Hall–Kier alpha value is -1.51. The van der Waals surface area contributed by atoms with E-state index in [2.05, 4.69) is 16.6 Å². The summed E-state index contributed by atoms with van der Waals surface area (Å²) < 4.78 is 0. The van der Waals surface area contributed by atoms with Crippen LogP contribution >= 0.6 is 23.4 Å². The van der Waals surface area contributed by atoms with Gasteiger partial charge in [-0.1, -0.05) is 30.2 Å². The van der Waals surface area contributed by atoms with E-state index in [1.807, 2.05) is 24.3 Å². The summed E-state index contributed by atoms with van der Waals surface area (Å²) in [4.78, 5) is 11.9. The van der Waals surface area contributed by atoms with Gasteiger partial charge in [-0.3, -0.25) is 4.79 Å². The highest BCUT2D eigenvalue weighted by Crippen LogP contribution is 2.25. The summed E-state index contributed by atoms with van der Waals surface area (Å²) >= 11 is 7.41. The van der Waals surface area contributed by atoms with Crippen LogP contribution in [0.4, 0.5) is 0 Å². The van der Waals surface area contributed by atoms with Crippen molar-refractivity contribution in [1.29, 1.82) is 5.26 Å². The number of halogens is 1. The first-order valence-electron chi connectivity index (χ1n) is 8.23. The van der Waals surface area contributed by atoms with Crippen molar-refractivity contribution in [3.8, 4) is 6.07 Å². The average molecular weight is 364 g/mol. The van der Waals surface area contributed by atoms with Gasteiger partial charge >= 0.3 is 0 Å². The Morgan fingerprint density at radius 1 is 1.38 bits per heavy atom. The summed E-state index contributed by atoms with van der Waals surface area (Å²) in [6.45, 7) is 0. The van der Waals surface area contributed by atoms with Crippen molar-refractivity contribution >= 4 is 35.0 Å². The molecule has 0 radical (unpaired) electrons. The number of amides is 1. The molecular weight excluding hydrogens is 342 g/mol. The highest BCUT2D eigenvalue weighted by atomic mass is 35.5. The minimum atomic E-state index is -0.0777. The molecule has 0 unspecified atom stereocenters. The molecule has 0 saturated heterocycles. The maximum atomic E-state index is 11.9. The lowest BCUT2D eigenvalue weighted by molar-refractivity contribution is -0.118. The lowest BCUT2D eigenvalue weighted by Gasteiger charge is -2.23. The molecule has 1 aliphatic carbocycles. The van der Waals surface area contributed by atoms with Crippen molar-refractivity contribution in [3.05, 3.63) is 34.9 Å². The van der Waals surface area contributed by atoms with Crippen LogP contribution in [0.3, 0.4) is 0 Å². The number of nitrogens with zero attached hydrogens (tertiary/aromatic N) is 2. The van der Waals surface area contributed by atoms with Crippen LogP contribution in [0.25, 0.3) is 0 Å². The summed E-state index contributed by atoms with van der Waals surface area (Å²) in [5.74, 6) is 1.42. The summed E-state index contributed by atoms with van der Waals surface area (Å²) in [5, 5.41) is 13.8. The van der Waals surface area contributed by atoms with E-state index in [4.69, 9.17) is 16.9 Å². The predicted octanol–water partition coefficient (Wildman–Crippen LogP) is 4.54. The summed E-state index contributed by atoms with van der Waals surface area (Å²) in [6, 6.07) is 9.84. The lowest BCUT2D eigenvalue weighted by atomic mass is 9.84. The molecule has 1 amide bonds. The van der Waals surface area contributed by atoms with E-state index < -0.39 is 0 Å². The monoisotopic (exact) mass is 363 g/mol. The predicted molar refractivity (Wildman–Crippen MR) is 100.0 cm³/mol. The standard InChI is InChI=1S/C18H22ClN3OS/c19-16-9-7-14(8-10-16)12-24-13-18(23)22-21-17-6-2-1-4-15(17)5-3-11-20/h7-10,15H,1-6,12-13H2,(H,22,23)/b21-17-/t15-/m0/s1. The fraction of sp³-hybridized carbons (Fsp3) is 0.500. The van der Waals surface area contributed by atoms with Crippen molar-refractivity contribution in [3.63, 3.8) is 0 Å². The van der Waals surface area contributed by atoms with Crippen LogP contribution in [0, 0.1) is 17.2 Å². The van der Waals surface area contributed by atoms with E-state index in [0.29, 0.717) is 18.1 Å². The second kappa shape index (κ2) is 10.4. The molecular formula is C18H22ClN3OS. The molecule has 6 heteroatoms. The molecule has 1 saturated carbocycles. The molecule has 1 atom stereocenters. The zero-order valence-corrected chi connectivity index (χ0v) is 15.2. The topological polar surface area (TPSA) is 65.2 Å².